The smallest absolute Gasteiger partial charge is 0.407 e. The molecule has 1 aliphatic carbocycles. The van der Waals surface area contributed by atoms with E-state index in [0.29, 0.717) is 9.84 Å². The van der Waals surface area contributed by atoms with Gasteiger partial charge in [0.25, 0.3) is 0 Å². The third kappa shape index (κ3) is 2.86. The molecule has 0 aromatic rings. The van der Waals surface area contributed by atoms with Crippen LogP contribution in [0.15, 0.2) is 12.2 Å². The van der Waals surface area contributed by atoms with Crippen LogP contribution in [0.4, 0.5) is 4.79 Å². The van der Waals surface area contributed by atoms with Crippen molar-refractivity contribution in [1.29, 1.82) is 0 Å². The average molecular weight is 295 g/mol. The van der Waals surface area contributed by atoms with Crippen LogP contribution in [-0.2, 0) is 4.74 Å². The monoisotopic (exact) mass is 295 g/mol. The molecule has 1 aliphatic rings. The standard InChI is InChI=1S/C9H14INO2/c1-6-4-3-5-7(8(6)10)11-9(12)13-2/h3-4,6-8H,5H2,1-2H3,(H,11,12)/t6-,7+,8-/m1/s1. The summed E-state index contributed by atoms with van der Waals surface area (Å²) in [5.41, 5.74) is 0. The number of methoxy groups -OCH3 is 1. The van der Waals surface area contributed by atoms with Crippen LogP contribution in [0.2, 0.25) is 0 Å². The van der Waals surface area contributed by atoms with E-state index in [4.69, 9.17) is 0 Å². The van der Waals surface area contributed by atoms with Gasteiger partial charge in [-0.15, -0.1) is 0 Å². The maximum Gasteiger partial charge on any atom is 0.407 e. The quantitative estimate of drug-likeness (QED) is 0.457. The Labute approximate surface area is 92.1 Å². The number of allylic oxidation sites excluding steroid dienone is 1. The molecule has 0 heterocycles. The van der Waals surface area contributed by atoms with Gasteiger partial charge in [0.05, 0.1) is 7.11 Å². The summed E-state index contributed by atoms with van der Waals surface area (Å²) in [6.45, 7) is 2.15. The minimum Gasteiger partial charge on any atom is -0.453 e. The lowest BCUT2D eigenvalue weighted by molar-refractivity contribution is 0.165. The number of ether oxygens (including phenoxy) is 1. The highest BCUT2D eigenvalue weighted by atomic mass is 127. The van der Waals surface area contributed by atoms with Crippen molar-refractivity contribution in [3.63, 3.8) is 0 Å². The van der Waals surface area contributed by atoms with Crippen LogP contribution < -0.4 is 5.32 Å². The highest BCUT2D eigenvalue weighted by Gasteiger charge is 2.26. The number of carbonyl (C=O) groups excluding carboxylic acids is 1. The van der Waals surface area contributed by atoms with Crippen molar-refractivity contribution in [2.75, 3.05) is 7.11 Å². The minimum atomic E-state index is -0.339. The van der Waals surface area contributed by atoms with Crippen molar-refractivity contribution < 1.29 is 9.53 Å². The van der Waals surface area contributed by atoms with E-state index in [1.165, 1.54) is 7.11 Å². The molecule has 0 saturated carbocycles. The molecule has 0 aromatic heterocycles. The van der Waals surface area contributed by atoms with E-state index >= 15 is 0 Å². The topological polar surface area (TPSA) is 38.3 Å². The van der Waals surface area contributed by atoms with Gasteiger partial charge in [-0.25, -0.2) is 4.79 Å². The van der Waals surface area contributed by atoms with E-state index < -0.39 is 0 Å². The van der Waals surface area contributed by atoms with E-state index in [-0.39, 0.29) is 12.1 Å². The Balaban J connectivity index is 2.51. The Morgan fingerprint density at radius 2 is 2.38 bits per heavy atom. The maximum absolute atomic E-state index is 11.0. The largest absolute Gasteiger partial charge is 0.453 e. The van der Waals surface area contributed by atoms with Gasteiger partial charge in [-0.2, -0.15) is 0 Å². The van der Waals surface area contributed by atoms with E-state index in [1.807, 2.05) is 0 Å². The van der Waals surface area contributed by atoms with Gasteiger partial charge < -0.3 is 10.1 Å². The molecule has 74 valence electrons. The van der Waals surface area contributed by atoms with Gasteiger partial charge in [-0.05, 0) is 12.3 Å². The van der Waals surface area contributed by atoms with E-state index in [9.17, 15) is 4.79 Å². The summed E-state index contributed by atoms with van der Waals surface area (Å²) in [5, 5.41) is 2.83. The van der Waals surface area contributed by atoms with Crippen LogP contribution in [0, 0.1) is 5.92 Å². The Hall–Kier alpha value is -0.260. The third-order valence-electron chi connectivity index (χ3n) is 2.20. The lowest BCUT2D eigenvalue weighted by atomic mass is 9.93. The number of carbonyl (C=O) groups is 1. The summed E-state index contributed by atoms with van der Waals surface area (Å²) >= 11 is 2.37. The Morgan fingerprint density at radius 3 is 3.00 bits per heavy atom. The van der Waals surface area contributed by atoms with Crippen molar-refractivity contribution in [3.8, 4) is 0 Å². The van der Waals surface area contributed by atoms with Crippen LogP contribution in [0.1, 0.15) is 13.3 Å². The molecule has 0 fully saturated rings. The van der Waals surface area contributed by atoms with Gasteiger partial charge >= 0.3 is 6.09 Å². The molecule has 13 heavy (non-hydrogen) atoms. The van der Waals surface area contributed by atoms with Gasteiger partial charge in [-0.1, -0.05) is 41.7 Å². The van der Waals surface area contributed by atoms with Crippen LogP contribution >= 0.6 is 22.6 Å². The molecular weight excluding hydrogens is 281 g/mol. The number of hydrogen-bond acceptors (Lipinski definition) is 2. The Morgan fingerprint density at radius 1 is 1.69 bits per heavy atom. The van der Waals surface area contributed by atoms with Gasteiger partial charge in [0.2, 0.25) is 0 Å². The number of amides is 1. The highest BCUT2D eigenvalue weighted by molar-refractivity contribution is 14.1. The molecule has 0 unspecified atom stereocenters. The predicted octanol–water partition coefficient (Wildman–Crippen LogP) is 2.11. The molecule has 1 N–H and O–H groups in total. The Kier molecular flexibility index (Phi) is 4.02. The second kappa shape index (κ2) is 4.83. The fraction of sp³-hybridized carbons (Fsp3) is 0.667. The van der Waals surface area contributed by atoms with Crippen molar-refractivity contribution >= 4 is 28.7 Å². The maximum atomic E-state index is 11.0. The summed E-state index contributed by atoms with van der Waals surface area (Å²) in [6.07, 6.45) is 4.86. The van der Waals surface area contributed by atoms with Crippen LogP contribution in [0.25, 0.3) is 0 Å². The summed E-state index contributed by atoms with van der Waals surface area (Å²) in [6, 6.07) is 0.202. The molecule has 1 amide bonds. The zero-order chi connectivity index (χ0) is 9.84. The molecule has 0 saturated heterocycles. The van der Waals surface area contributed by atoms with Crippen molar-refractivity contribution in [2.45, 2.75) is 23.3 Å². The van der Waals surface area contributed by atoms with Crippen LogP contribution in [-0.4, -0.2) is 23.2 Å². The molecule has 3 nitrogen and oxygen atoms in total. The van der Waals surface area contributed by atoms with E-state index in [0.717, 1.165) is 6.42 Å². The highest BCUT2D eigenvalue weighted by Crippen LogP contribution is 2.25. The third-order valence-corrected chi connectivity index (χ3v) is 4.21. The SMILES string of the molecule is COC(=O)N[C@H]1CC=C[C@@H](C)[C@H]1I. The first kappa shape index (κ1) is 10.8. The lowest BCUT2D eigenvalue weighted by Crippen LogP contribution is -2.44. The van der Waals surface area contributed by atoms with Crippen molar-refractivity contribution in [3.05, 3.63) is 12.2 Å². The number of alkyl halides is 1. The molecule has 0 aromatic carbocycles. The molecule has 0 radical (unpaired) electrons. The lowest BCUT2D eigenvalue weighted by Gasteiger charge is -2.28. The number of alkyl carbamates (subject to hydrolysis) is 1. The molecular formula is C9H14INO2. The fourth-order valence-electron chi connectivity index (χ4n) is 1.39. The normalized spacial score (nSPS) is 32.7. The number of halogens is 1. The van der Waals surface area contributed by atoms with Gasteiger partial charge in [0.15, 0.2) is 0 Å². The first-order chi connectivity index (χ1) is 6.15. The fourth-order valence-corrected chi connectivity index (χ4v) is 2.10. The summed E-state index contributed by atoms with van der Waals surface area (Å²) < 4.78 is 5.01. The number of hydrogen-bond donors (Lipinski definition) is 1. The van der Waals surface area contributed by atoms with E-state index in [2.05, 4.69) is 51.7 Å². The van der Waals surface area contributed by atoms with E-state index in [1.54, 1.807) is 0 Å². The molecule has 1 rings (SSSR count). The molecule has 0 bridgehead atoms. The second-order valence-electron chi connectivity index (χ2n) is 3.21. The summed E-state index contributed by atoms with van der Waals surface area (Å²) in [4.78, 5) is 11.0. The first-order valence-corrected chi connectivity index (χ1v) is 5.55. The zero-order valence-corrected chi connectivity index (χ0v) is 9.95. The van der Waals surface area contributed by atoms with Gasteiger partial charge in [0, 0.05) is 9.97 Å². The van der Waals surface area contributed by atoms with Crippen LogP contribution in [0.5, 0.6) is 0 Å². The van der Waals surface area contributed by atoms with Crippen molar-refractivity contribution in [1.82, 2.24) is 5.32 Å². The minimum absolute atomic E-state index is 0.202. The number of nitrogens with one attached hydrogen (secondary N) is 1. The first-order valence-electron chi connectivity index (χ1n) is 4.30. The second-order valence-corrected chi connectivity index (χ2v) is 4.65. The number of rotatable bonds is 1. The molecule has 3 atom stereocenters. The van der Waals surface area contributed by atoms with Gasteiger partial charge in [0.1, 0.15) is 0 Å². The zero-order valence-electron chi connectivity index (χ0n) is 7.79. The van der Waals surface area contributed by atoms with Gasteiger partial charge in [-0.3, -0.25) is 0 Å². The molecule has 0 spiro atoms. The Bertz CT molecular complexity index is 218. The molecule has 4 heteroatoms. The predicted molar refractivity (Wildman–Crippen MR) is 60.1 cm³/mol. The average Bonchev–Trinajstić information content (AvgIpc) is 2.13. The van der Waals surface area contributed by atoms with Crippen LogP contribution in [0.3, 0.4) is 0 Å². The molecule has 0 aliphatic heterocycles. The summed E-state index contributed by atoms with van der Waals surface area (Å²) in [5.74, 6) is 0.511. The van der Waals surface area contributed by atoms with Crippen molar-refractivity contribution in [2.24, 2.45) is 5.92 Å². The summed E-state index contributed by atoms with van der Waals surface area (Å²) in [7, 11) is 1.39.